The summed E-state index contributed by atoms with van der Waals surface area (Å²) >= 11 is 2.23. The van der Waals surface area contributed by atoms with Gasteiger partial charge in [-0.25, -0.2) is 9.97 Å². The number of nitrogens with zero attached hydrogens (tertiary/aromatic N) is 3. The monoisotopic (exact) mass is 491 g/mol. The number of halogens is 1. The van der Waals surface area contributed by atoms with Crippen LogP contribution in [0, 0.1) is 31.4 Å². The quantitative estimate of drug-likeness (QED) is 0.343. The molecule has 0 spiro atoms. The lowest BCUT2D eigenvalue weighted by Gasteiger charge is -2.57. The summed E-state index contributed by atoms with van der Waals surface area (Å²) in [7, 11) is 0. The minimum absolute atomic E-state index is 0.0476. The number of rotatable bonds is 5. The number of anilines is 3. The topological polar surface area (TPSA) is 93.0 Å². The third kappa shape index (κ3) is 3.31. The first-order chi connectivity index (χ1) is 13.5. The van der Waals surface area contributed by atoms with Gasteiger partial charge in [0.1, 0.15) is 6.33 Å². The Labute approximate surface area is 177 Å². The van der Waals surface area contributed by atoms with Gasteiger partial charge in [-0.3, -0.25) is 10.1 Å². The molecule has 6 rings (SSSR count). The Hall–Kier alpha value is -1.97. The van der Waals surface area contributed by atoms with Gasteiger partial charge in [-0.1, -0.05) is 0 Å². The van der Waals surface area contributed by atoms with E-state index in [4.69, 9.17) is 0 Å². The van der Waals surface area contributed by atoms with Crippen LogP contribution >= 0.6 is 22.6 Å². The number of benzene rings is 1. The van der Waals surface area contributed by atoms with Gasteiger partial charge in [0.25, 0.3) is 0 Å². The molecule has 0 unspecified atom stereocenters. The number of nitro groups is 1. The molecule has 4 saturated carbocycles. The van der Waals surface area contributed by atoms with Gasteiger partial charge in [0.05, 0.1) is 4.92 Å². The van der Waals surface area contributed by atoms with E-state index >= 15 is 0 Å². The van der Waals surface area contributed by atoms with Crippen LogP contribution < -0.4 is 10.6 Å². The molecule has 0 aliphatic heterocycles. The first-order valence-electron chi connectivity index (χ1n) is 9.80. The molecule has 2 aromatic rings. The minimum atomic E-state index is -0.377. The van der Waals surface area contributed by atoms with E-state index < -0.39 is 0 Å². The van der Waals surface area contributed by atoms with E-state index in [0.717, 1.165) is 46.3 Å². The lowest BCUT2D eigenvalue weighted by atomic mass is 9.53. The maximum absolute atomic E-state index is 11.9. The number of hydrogen-bond donors (Lipinski definition) is 2. The predicted molar refractivity (Wildman–Crippen MR) is 116 cm³/mol. The Morgan fingerprint density at radius 1 is 1.00 bits per heavy atom. The molecule has 4 aliphatic rings. The molecule has 0 atom stereocenters. The van der Waals surface area contributed by atoms with Gasteiger partial charge in [-0.15, -0.1) is 0 Å². The predicted octanol–water partition coefficient (Wildman–Crippen LogP) is 5.11. The average molecular weight is 491 g/mol. The normalized spacial score (nSPS) is 30.2. The largest absolute Gasteiger partial charge is 0.359 e. The summed E-state index contributed by atoms with van der Waals surface area (Å²) in [5.74, 6) is 2.83. The van der Waals surface area contributed by atoms with Crippen molar-refractivity contribution in [2.24, 2.45) is 17.8 Å². The highest BCUT2D eigenvalue weighted by Crippen LogP contribution is 2.57. The van der Waals surface area contributed by atoms with Gasteiger partial charge in [0.2, 0.25) is 11.6 Å². The van der Waals surface area contributed by atoms with E-state index in [0.29, 0.717) is 5.82 Å². The Kier molecular flexibility index (Phi) is 4.41. The molecule has 8 heteroatoms. The summed E-state index contributed by atoms with van der Waals surface area (Å²) in [6.45, 7) is 0. The zero-order valence-electron chi connectivity index (χ0n) is 15.4. The van der Waals surface area contributed by atoms with Crippen molar-refractivity contribution in [1.29, 1.82) is 0 Å². The Morgan fingerprint density at radius 3 is 2.14 bits per heavy atom. The van der Waals surface area contributed by atoms with E-state index in [2.05, 4.69) is 43.2 Å². The zero-order valence-corrected chi connectivity index (χ0v) is 17.6. The molecule has 2 N–H and O–H groups in total. The Balaban J connectivity index is 1.46. The Morgan fingerprint density at radius 2 is 1.57 bits per heavy atom. The van der Waals surface area contributed by atoms with Crippen molar-refractivity contribution in [2.45, 2.75) is 44.1 Å². The summed E-state index contributed by atoms with van der Waals surface area (Å²) in [6.07, 6.45) is 8.68. The van der Waals surface area contributed by atoms with Crippen molar-refractivity contribution in [3.05, 3.63) is 44.3 Å². The van der Waals surface area contributed by atoms with Crippen LogP contribution in [-0.2, 0) is 0 Å². The minimum Gasteiger partial charge on any atom is -0.359 e. The van der Waals surface area contributed by atoms with E-state index in [1.54, 1.807) is 0 Å². The van der Waals surface area contributed by atoms with Crippen molar-refractivity contribution < 1.29 is 4.92 Å². The molecule has 4 fully saturated rings. The molecule has 28 heavy (non-hydrogen) atoms. The van der Waals surface area contributed by atoms with Crippen LogP contribution in [0.3, 0.4) is 0 Å². The second-order valence-electron chi connectivity index (χ2n) is 8.63. The number of nitrogens with one attached hydrogen (secondary N) is 2. The van der Waals surface area contributed by atoms with E-state index in [1.807, 2.05) is 24.3 Å². The lowest BCUT2D eigenvalue weighted by Crippen LogP contribution is -2.55. The maximum Gasteiger partial charge on any atom is 0.353 e. The highest BCUT2D eigenvalue weighted by atomic mass is 127. The summed E-state index contributed by atoms with van der Waals surface area (Å²) in [5, 5.41) is 18.5. The lowest BCUT2D eigenvalue weighted by molar-refractivity contribution is -0.383. The zero-order chi connectivity index (χ0) is 19.3. The van der Waals surface area contributed by atoms with Gasteiger partial charge in [0, 0.05) is 14.8 Å². The van der Waals surface area contributed by atoms with Crippen LogP contribution in [0.25, 0.3) is 0 Å². The van der Waals surface area contributed by atoms with Crippen molar-refractivity contribution >= 4 is 45.6 Å². The fourth-order valence-electron chi connectivity index (χ4n) is 5.92. The third-order valence-corrected chi connectivity index (χ3v) is 7.25. The van der Waals surface area contributed by atoms with Crippen LogP contribution in [0.15, 0.2) is 30.6 Å². The van der Waals surface area contributed by atoms with Gasteiger partial charge < -0.3 is 10.6 Å². The first kappa shape index (κ1) is 18.1. The molecule has 4 aliphatic carbocycles. The molecular formula is C20H22IN5O2. The smallest absolute Gasteiger partial charge is 0.353 e. The molecule has 1 heterocycles. The molecule has 146 valence electrons. The second-order valence-corrected chi connectivity index (χ2v) is 9.88. The summed E-state index contributed by atoms with van der Waals surface area (Å²) < 4.78 is 1.10. The molecule has 0 saturated heterocycles. The summed E-state index contributed by atoms with van der Waals surface area (Å²) in [4.78, 5) is 20.0. The van der Waals surface area contributed by atoms with Crippen molar-refractivity contribution in [3.63, 3.8) is 0 Å². The highest BCUT2D eigenvalue weighted by Gasteiger charge is 2.51. The van der Waals surface area contributed by atoms with Crippen molar-refractivity contribution in [3.8, 4) is 0 Å². The molecule has 7 nitrogen and oxygen atoms in total. The standard InChI is InChI=1S/C20H22IN5O2/c21-15-1-3-16(4-2-15)24-18-17(26(27)28)19(23-11-22-18)25-20-8-12-5-13(9-20)7-14(6-12)10-20/h1-4,11-14H,5-10H2,(H2,22,23,24,25). The fourth-order valence-corrected chi connectivity index (χ4v) is 6.28. The highest BCUT2D eigenvalue weighted by molar-refractivity contribution is 14.1. The molecule has 4 bridgehead atoms. The van der Waals surface area contributed by atoms with Gasteiger partial charge in [-0.05, 0) is 103 Å². The van der Waals surface area contributed by atoms with Crippen LogP contribution in [0.5, 0.6) is 0 Å². The van der Waals surface area contributed by atoms with Crippen molar-refractivity contribution in [2.75, 3.05) is 10.6 Å². The van der Waals surface area contributed by atoms with Gasteiger partial charge >= 0.3 is 5.69 Å². The van der Waals surface area contributed by atoms with Crippen LogP contribution in [0.1, 0.15) is 38.5 Å². The van der Waals surface area contributed by atoms with E-state index in [9.17, 15) is 10.1 Å². The molecule has 0 radical (unpaired) electrons. The SMILES string of the molecule is O=[N+]([O-])c1c(Nc2ccc(I)cc2)ncnc1NC12CC3CC(CC(C3)C1)C2. The molecule has 1 aromatic carbocycles. The Bertz CT molecular complexity index is 882. The van der Waals surface area contributed by atoms with Crippen LogP contribution in [0.2, 0.25) is 0 Å². The van der Waals surface area contributed by atoms with Gasteiger partial charge in [-0.2, -0.15) is 0 Å². The molecular weight excluding hydrogens is 469 g/mol. The van der Waals surface area contributed by atoms with Crippen molar-refractivity contribution in [1.82, 2.24) is 9.97 Å². The molecule has 0 amide bonds. The van der Waals surface area contributed by atoms with Crippen LogP contribution in [-0.4, -0.2) is 20.4 Å². The first-order valence-corrected chi connectivity index (χ1v) is 10.9. The summed E-state index contributed by atoms with van der Waals surface area (Å²) in [6, 6.07) is 7.68. The van der Waals surface area contributed by atoms with Crippen LogP contribution in [0.4, 0.5) is 23.0 Å². The fraction of sp³-hybridized carbons (Fsp3) is 0.500. The third-order valence-electron chi connectivity index (χ3n) is 6.53. The second kappa shape index (κ2) is 6.82. The van der Waals surface area contributed by atoms with E-state index in [-0.39, 0.29) is 22.0 Å². The van der Waals surface area contributed by atoms with Gasteiger partial charge in [0.15, 0.2) is 0 Å². The molecule has 1 aromatic heterocycles. The van der Waals surface area contributed by atoms with E-state index in [1.165, 1.54) is 25.6 Å². The maximum atomic E-state index is 11.9. The average Bonchev–Trinajstić information content (AvgIpc) is 2.62. The number of hydrogen-bond acceptors (Lipinski definition) is 6. The number of aromatic nitrogens is 2. The summed E-state index contributed by atoms with van der Waals surface area (Å²) in [5.41, 5.74) is 0.647.